The van der Waals surface area contributed by atoms with E-state index in [1.807, 2.05) is 0 Å². The van der Waals surface area contributed by atoms with Crippen LogP contribution in [0.3, 0.4) is 0 Å². The third-order valence-corrected chi connectivity index (χ3v) is 4.26. The van der Waals surface area contributed by atoms with Crippen LogP contribution < -0.4 is 5.32 Å². The molecular formula is C18H23N3O7. The zero-order valence-electron chi connectivity index (χ0n) is 15.8. The molecule has 0 aliphatic carbocycles. The predicted octanol–water partition coefficient (Wildman–Crippen LogP) is 2.12. The molecule has 0 aromatic heterocycles. The fraction of sp³-hybridized carbons (Fsp3) is 0.500. The number of esters is 1. The van der Waals surface area contributed by atoms with Gasteiger partial charge in [-0.15, -0.1) is 0 Å². The summed E-state index contributed by atoms with van der Waals surface area (Å²) in [5.41, 5.74) is -0.420. The maximum atomic E-state index is 12.5. The number of nitro benzene ring substituents is 1. The molecule has 1 aliphatic heterocycles. The SMILES string of the molecule is CCOC(=O)c1cc(C(=O)NC2CCN(C(=O)OCC)CC2)cc([N+](=O)[O-])c1. The van der Waals surface area contributed by atoms with Gasteiger partial charge >= 0.3 is 12.1 Å². The second-order valence-electron chi connectivity index (χ2n) is 6.18. The minimum Gasteiger partial charge on any atom is -0.462 e. The Balaban J connectivity index is 2.06. The average molecular weight is 393 g/mol. The molecule has 1 aliphatic rings. The lowest BCUT2D eigenvalue weighted by molar-refractivity contribution is -0.384. The predicted molar refractivity (Wildman–Crippen MR) is 98.1 cm³/mol. The van der Waals surface area contributed by atoms with Gasteiger partial charge in [-0.25, -0.2) is 9.59 Å². The van der Waals surface area contributed by atoms with Crippen molar-refractivity contribution in [2.24, 2.45) is 0 Å². The Morgan fingerprint density at radius 2 is 1.71 bits per heavy atom. The first-order chi connectivity index (χ1) is 13.3. The summed E-state index contributed by atoms with van der Waals surface area (Å²) in [6.45, 7) is 4.63. The molecule has 2 amide bonds. The van der Waals surface area contributed by atoms with Gasteiger partial charge in [0.1, 0.15) is 0 Å². The molecule has 2 rings (SSSR count). The molecule has 1 aromatic rings. The largest absolute Gasteiger partial charge is 0.462 e. The summed E-state index contributed by atoms with van der Waals surface area (Å²) >= 11 is 0. The van der Waals surface area contributed by atoms with Crippen molar-refractivity contribution in [1.82, 2.24) is 10.2 Å². The van der Waals surface area contributed by atoms with Crippen LogP contribution in [0.25, 0.3) is 0 Å². The molecule has 0 atom stereocenters. The summed E-state index contributed by atoms with van der Waals surface area (Å²) in [5.74, 6) is -1.26. The average Bonchev–Trinajstić information content (AvgIpc) is 2.68. The molecule has 28 heavy (non-hydrogen) atoms. The Morgan fingerprint density at radius 1 is 1.11 bits per heavy atom. The summed E-state index contributed by atoms with van der Waals surface area (Å²) in [5, 5.41) is 13.9. The smallest absolute Gasteiger partial charge is 0.409 e. The first-order valence-electron chi connectivity index (χ1n) is 9.04. The number of benzene rings is 1. The van der Waals surface area contributed by atoms with Crippen molar-refractivity contribution in [1.29, 1.82) is 0 Å². The van der Waals surface area contributed by atoms with E-state index in [1.165, 1.54) is 6.07 Å². The first kappa shape index (κ1) is 21.1. The van der Waals surface area contributed by atoms with Crippen LogP contribution in [-0.2, 0) is 9.47 Å². The van der Waals surface area contributed by atoms with Gasteiger partial charge in [0, 0.05) is 36.8 Å². The number of nitro groups is 1. The van der Waals surface area contributed by atoms with E-state index >= 15 is 0 Å². The van der Waals surface area contributed by atoms with Crippen molar-refractivity contribution in [2.75, 3.05) is 26.3 Å². The Kier molecular flexibility index (Phi) is 7.30. The zero-order chi connectivity index (χ0) is 20.7. The summed E-state index contributed by atoms with van der Waals surface area (Å²) in [6, 6.07) is 3.27. The van der Waals surface area contributed by atoms with Crippen LogP contribution in [0.15, 0.2) is 18.2 Å². The van der Waals surface area contributed by atoms with E-state index in [4.69, 9.17) is 9.47 Å². The molecule has 0 spiro atoms. The van der Waals surface area contributed by atoms with E-state index in [2.05, 4.69) is 5.32 Å². The van der Waals surface area contributed by atoms with Crippen LogP contribution in [0.1, 0.15) is 47.4 Å². The Hall–Kier alpha value is -3.17. The number of nitrogens with one attached hydrogen (secondary N) is 1. The molecule has 152 valence electrons. The fourth-order valence-corrected chi connectivity index (χ4v) is 2.87. The lowest BCUT2D eigenvalue weighted by Gasteiger charge is -2.31. The summed E-state index contributed by atoms with van der Waals surface area (Å²) in [4.78, 5) is 48.2. The number of rotatable bonds is 6. The Labute approximate surface area is 161 Å². The molecule has 1 N–H and O–H groups in total. The lowest BCUT2D eigenvalue weighted by atomic mass is 10.0. The standard InChI is InChI=1S/C18H23N3O7/c1-3-27-17(23)13-9-12(10-15(11-13)21(25)26)16(22)19-14-5-7-20(8-6-14)18(24)28-4-2/h9-11,14H,3-8H2,1-2H3,(H,19,22). The number of amides is 2. The van der Waals surface area contributed by atoms with E-state index in [0.717, 1.165) is 12.1 Å². The number of nitrogens with zero attached hydrogens (tertiary/aromatic N) is 2. The molecule has 10 nitrogen and oxygen atoms in total. The number of ether oxygens (including phenoxy) is 2. The molecule has 0 unspecified atom stereocenters. The van der Waals surface area contributed by atoms with Gasteiger partial charge in [0.25, 0.3) is 11.6 Å². The fourth-order valence-electron chi connectivity index (χ4n) is 2.87. The third kappa shape index (κ3) is 5.41. The van der Waals surface area contributed by atoms with Crippen LogP contribution in [-0.4, -0.2) is 60.1 Å². The number of piperidine rings is 1. The van der Waals surface area contributed by atoms with Crippen LogP contribution in [0.2, 0.25) is 0 Å². The maximum Gasteiger partial charge on any atom is 0.409 e. The topological polar surface area (TPSA) is 128 Å². The van der Waals surface area contributed by atoms with E-state index in [0.29, 0.717) is 32.5 Å². The molecule has 1 fully saturated rings. The summed E-state index contributed by atoms with van der Waals surface area (Å²) in [6.07, 6.45) is 0.680. The number of hydrogen-bond donors (Lipinski definition) is 1. The molecule has 1 heterocycles. The number of likely N-dealkylation sites (tertiary alicyclic amines) is 1. The molecule has 1 saturated heterocycles. The Bertz CT molecular complexity index is 758. The number of hydrogen-bond acceptors (Lipinski definition) is 7. The van der Waals surface area contributed by atoms with E-state index < -0.39 is 16.8 Å². The second-order valence-corrected chi connectivity index (χ2v) is 6.18. The molecule has 0 bridgehead atoms. The van der Waals surface area contributed by atoms with E-state index in [9.17, 15) is 24.5 Å². The molecular weight excluding hydrogens is 370 g/mol. The highest BCUT2D eigenvalue weighted by atomic mass is 16.6. The third-order valence-electron chi connectivity index (χ3n) is 4.26. The molecule has 10 heteroatoms. The van der Waals surface area contributed by atoms with Gasteiger partial charge < -0.3 is 19.7 Å². The highest BCUT2D eigenvalue weighted by Gasteiger charge is 2.26. The highest BCUT2D eigenvalue weighted by molar-refractivity contribution is 5.99. The number of carbonyl (C=O) groups excluding carboxylic acids is 3. The van der Waals surface area contributed by atoms with Gasteiger partial charge in [0.15, 0.2) is 0 Å². The normalized spacial score (nSPS) is 14.3. The van der Waals surface area contributed by atoms with Gasteiger partial charge in [0.05, 0.1) is 23.7 Å². The van der Waals surface area contributed by atoms with E-state index in [1.54, 1.807) is 18.7 Å². The quantitative estimate of drug-likeness (QED) is 0.445. The monoisotopic (exact) mass is 393 g/mol. The van der Waals surface area contributed by atoms with Crippen molar-refractivity contribution >= 4 is 23.7 Å². The number of non-ortho nitro benzene ring substituents is 1. The van der Waals surface area contributed by atoms with Crippen molar-refractivity contribution in [3.05, 3.63) is 39.4 Å². The van der Waals surface area contributed by atoms with Crippen molar-refractivity contribution in [3.8, 4) is 0 Å². The molecule has 0 saturated carbocycles. The maximum absolute atomic E-state index is 12.5. The Morgan fingerprint density at radius 3 is 2.29 bits per heavy atom. The van der Waals surface area contributed by atoms with E-state index in [-0.39, 0.29) is 35.6 Å². The summed E-state index contributed by atoms with van der Waals surface area (Å²) < 4.78 is 9.81. The highest BCUT2D eigenvalue weighted by Crippen LogP contribution is 2.19. The van der Waals surface area contributed by atoms with Crippen molar-refractivity contribution < 1.29 is 28.8 Å². The van der Waals surface area contributed by atoms with Crippen LogP contribution in [0.4, 0.5) is 10.5 Å². The molecule has 0 radical (unpaired) electrons. The van der Waals surface area contributed by atoms with Crippen molar-refractivity contribution in [3.63, 3.8) is 0 Å². The van der Waals surface area contributed by atoms with Crippen molar-refractivity contribution in [2.45, 2.75) is 32.7 Å². The van der Waals surface area contributed by atoms with Crippen LogP contribution >= 0.6 is 0 Å². The summed E-state index contributed by atoms with van der Waals surface area (Å²) in [7, 11) is 0. The van der Waals surface area contributed by atoms with Gasteiger partial charge in [0.2, 0.25) is 0 Å². The minimum atomic E-state index is -0.733. The minimum absolute atomic E-state index is 0.00470. The number of carbonyl (C=O) groups is 3. The molecule has 1 aromatic carbocycles. The van der Waals surface area contributed by atoms with Crippen LogP contribution in [0, 0.1) is 10.1 Å². The van der Waals surface area contributed by atoms with Gasteiger partial charge in [-0.3, -0.25) is 14.9 Å². The first-order valence-corrected chi connectivity index (χ1v) is 9.04. The van der Waals surface area contributed by atoms with Gasteiger partial charge in [-0.1, -0.05) is 0 Å². The van der Waals surface area contributed by atoms with Gasteiger partial charge in [-0.2, -0.15) is 0 Å². The van der Waals surface area contributed by atoms with Crippen LogP contribution in [0.5, 0.6) is 0 Å². The second kappa shape index (κ2) is 9.67. The van der Waals surface area contributed by atoms with Gasteiger partial charge in [-0.05, 0) is 32.8 Å². The lowest BCUT2D eigenvalue weighted by Crippen LogP contribution is -2.46. The zero-order valence-corrected chi connectivity index (χ0v) is 15.8.